The van der Waals surface area contributed by atoms with Gasteiger partial charge in [0.1, 0.15) is 17.2 Å². The van der Waals surface area contributed by atoms with Gasteiger partial charge in [0.15, 0.2) is 17.4 Å². The lowest BCUT2D eigenvalue weighted by Crippen LogP contribution is -2.30. The molecule has 0 radical (unpaired) electrons. The molecule has 1 aliphatic carbocycles. The predicted molar refractivity (Wildman–Crippen MR) is 223 cm³/mol. The van der Waals surface area contributed by atoms with E-state index in [2.05, 4.69) is 21.3 Å². The molecule has 1 aromatic heterocycles. The Bertz CT molecular complexity index is 2890. The fraction of sp³-hybridized carbons (Fsp3) is 0.156. The molecule has 7 rings (SSSR count). The number of nitrogens with one attached hydrogen (secondary N) is 4. The Kier molecular flexibility index (Phi) is 11.4. The highest BCUT2D eigenvalue weighted by Gasteiger charge is 2.26. The van der Waals surface area contributed by atoms with Crippen LogP contribution < -0.4 is 26.7 Å². The highest BCUT2D eigenvalue weighted by molar-refractivity contribution is 6.09. The van der Waals surface area contributed by atoms with E-state index in [-0.39, 0.29) is 69.8 Å². The van der Waals surface area contributed by atoms with Gasteiger partial charge in [0.25, 0.3) is 5.91 Å². The van der Waals surface area contributed by atoms with Crippen LogP contribution in [-0.2, 0) is 16.8 Å². The Labute approximate surface area is 346 Å². The summed E-state index contributed by atoms with van der Waals surface area (Å²) in [5, 5.41) is 36.0. The van der Waals surface area contributed by atoms with Crippen LogP contribution in [0.3, 0.4) is 0 Å². The Morgan fingerprint density at radius 1 is 0.820 bits per heavy atom. The lowest BCUT2D eigenvalue weighted by Gasteiger charge is -2.17. The molecule has 0 fully saturated rings. The number of aromatic hydroxyl groups is 1. The fourth-order valence-electron chi connectivity index (χ4n) is 6.58. The number of rotatable bonds is 11. The number of phenolic OH excluding ortho intramolecular Hbond substituents is 1. The van der Waals surface area contributed by atoms with Crippen molar-refractivity contribution < 1.29 is 42.6 Å². The molecule has 4 aromatic carbocycles. The normalized spacial score (nSPS) is 11.4. The first-order valence-corrected chi connectivity index (χ1v) is 18.9. The van der Waals surface area contributed by atoms with Gasteiger partial charge in [0.05, 0.1) is 16.9 Å². The third kappa shape index (κ3) is 9.07. The quantitative estimate of drug-likeness (QED) is 0.0703. The maximum Gasteiger partial charge on any atom is 0.336 e. The summed E-state index contributed by atoms with van der Waals surface area (Å²) in [7, 11) is 0. The summed E-state index contributed by atoms with van der Waals surface area (Å²) in [5.41, 5.74) is 0.674. The number of aromatic carboxylic acids is 1. The molecule has 6 N–H and O–H groups in total. The molecule has 5 aromatic rings. The predicted octanol–water partition coefficient (Wildman–Crippen LogP) is 7.81. The van der Waals surface area contributed by atoms with Gasteiger partial charge in [-0.15, -0.1) is 0 Å². The molecule has 4 amide bonds. The topological polar surface area (TPSA) is 205 Å². The Morgan fingerprint density at radius 2 is 1.59 bits per heavy atom. The first-order chi connectivity index (χ1) is 29.0. The zero-order valence-electron chi connectivity index (χ0n) is 32.9. The molecule has 2 heterocycles. The molecule has 14 nitrogen and oxygen atoms in total. The average Bonchev–Trinajstić information content (AvgIpc) is 3.65. The highest BCUT2D eigenvalue weighted by Crippen LogP contribution is 2.43. The maximum absolute atomic E-state index is 14.6. The largest absolute Gasteiger partial charge is 0.505 e. The maximum atomic E-state index is 14.6. The number of hydrogen-bond donors (Lipinski definition) is 6. The Morgan fingerprint density at radius 3 is 2.33 bits per heavy atom. The number of halogens is 2. The van der Waals surface area contributed by atoms with Crippen LogP contribution in [0.1, 0.15) is 59.2 Å². The second kappa shape index (κ2) is 16.8. The number of anilines is 2. The van der Waals surface area contributed by atoms with E-state index in [4.69, 9.17) is 9.52 Å². The number of para-hydroxylation sites is 1. The minimum atomic E-state index is -1.47. The summed E-state index contributed by atoms with van der Waals surface area (Å²) in [5.74, 6) is -5.26. The highest BCUT2D eigenvalue weighted by atomic mass is 19.1. The summed E-state index contributed by atoms with van der Waals surface area (Å²) >= 11 is 0. The van der Waals surface area contributed by atoms with Crippen molar-refractivity contribution in [2.45, 2.75) is 39.2 Å². The standard InChI is InChI=1S/C45H38F2N6O8/c1-45(2,3)38-22-39(51-44(60)50-26-9-5-4-6-10-26)53(52-38)27-11-7-8-24(16-27)23-49-40(56)14-15-48-42(57)25-12-13-28(29(17-25)43(58)59)41-30-18-32(46)34(54)20-36(30)61-37-21-35(55)33(47)19-31(37)41/h4-13,16-22,54H,14-15,23H2,1-3H3,(H,48,57)(H,49,56)(H,58,59)(H2,50,51,60). The molecule has 16 heteroatoms. The molecule has 310 valence electrons. The van der Waals surface area contributed by atoms with Crippen LogP contribution in [0.25, 0.3) is 39.1 Å². The number of phenols is 1. The van der Waals surface area contributed by atoms with Gasteiger partial charge in [-0.3, -0.25) is 19.7 Å². The van der Waals surface area contributed by atoms with E-state index in [1.54, 1.807) is 28.9 Å². The first kappa shape index (κ1) is 41.3. The van der Waals surface area contributed by atoms with Gasteiger partial charge in [-0.05, 0) is 59.7 Å². The van der Waals surface area contributed by atoms with Gasteiger partial charge < -0.3 is 30.6 Å². The van der Waals surface area contributed by atoms with E-state index in [0.29, 0.717) is 17.2 Å². The summed E-state index contributed by atoms with van der Waals surface area (Å²) < 4.78 is 36.4. The van der Waals surface area contributed by atoms with Gasteiger partial charge in [0, 0.05) is 70.9 Å². The molecule has 0 saturated carbocycles. The van der Waals surface area contributed by atoms with Crippen LogP contribution in [0, 0.1) is 11.6 Å². The van der Waals surface area contributed by atoms with E-state index in [1.807, 2.05) is 57.2 Å². The molecule has 0 saturated heterocycles. The summed E-state index contributed by atoms with van der Waals surface area (Å²) in [6.07, 6.45) is -0.120. The minimum Gasteiger partial charge on any atom is -0.505 e. The van der Waals surface area contributed by atoms with Crippen molar-refractivity contribution in [2.24, 2.45) is 0 Å². The second-order valence-corrected chi connectivity index (χ2v) is 15.1. The van der Waals surface area contributed by atoms with Crippen LogP contribution in [0.2, 0.25) is 0 Å². The van der Waals surface area contributed by atoms with Crippen molar-refractivity contribution in [1.29, 1.82) is 0 Å². The molecule has 2 aliphatic rings. The summed E-state index contributed by atoms with van der Waals surface area (Å²) in [4.78, 5) is 63.6. The number of hydrogen-bond acceptors (Lipinski definition) is 8. The van der Waals surface area contributed by atoms with Crippen molar-refractivity contribution in [3.05, 3.63) is 147 Å². The zero-order valence-corrected chi connectivity index (χ0v) is 32.9. The fourth-order valence-corrected chi connectivity index (χ4v) is 6.58. The molecule has 0 atom stereocenters. The first-order valence-electron chi connectivity index (χ1n) is 18.9. The average molecular weight is 829 g/mol. The number of urea groups is 1. The number of nitrogens with zero attached hydrogens (tertiary/aromatic N) is 2. The minimum absolute atomic E-state index is 0.0109. The SMILES string of the molecule is CC(C)(C)c1cc(NC(=O)Nc2ccccc2)n(-c2cccc(CNC(=O)CCNC(=O)c3ccc(-c4c5cc(F)c(=O)cc-5oc5cc(O)c(F)cc45)c(C(=O)O)c3)c2)n1. The van der Waals surface area contributed by atoms with Crippen molar-refractivity contribution in [1.82, 2.24) is 20.4 Å². The number of benzene rings is 5. The van der Waals surface area contributed by atoms with Gasteiger partial charge >= 0.3 is 12.0 Å². The van der Waals surface area contributed by atoms with Crippen LogP contribution >= 0.6 is 0 Å². The van der Waals surface area contributed by atoms with E-state index in [1.165, 1.54) is 12.1 Å². The lowest BCUT2D eigenvalue weighted by molar-refractivity contribution is -0.121. The van der Waals surface area contributed by atoms with Gasteiger partial charge in [-0.1, -0.05) is 57.2 Å². The van der Waals surface area contributed by atoms with Crippen molar-refractivity contribution >= 4 is 46.3 Å². The van der Waals surface area contributed by atoms with Crippen LogP contribution in [0.15, 0.2) is 112 Å². The van der Waals surface area contributed by atoms with Gasteiger partial charge in [-0.2, -0.15) is 5.10 Å². The van der Waals surface area contributed by atoms with E-state index in [9.17, 15) is 43.0 Å². The number of carboxylic acid groups (broad SMARTS) is 1. The van der Waals surface area contributed by atoms with Crippen molar-refractivity contribution in [3.8, 4) is 33.9 Å². The molecule has 0 bridgehead atoms. The van der Waals surface area contributed by atoms with Gasteiger partial charge in [-0.25, -0.2) is 23.1 Å². The van der Waals surface area contributed by atoms with E-state index in [0.717, 1.165) is 41.6 Å². The molecule has 1 aliphatic heterocycles. The van der Waals surface area contributed by atoms with Gasteiger partial charge in [0.2, 0.25) is 11.3 Å². The van der Waals surface area contributed by atoms with Crippen LogP contribution in [-0.4, -0.2) is 50.4 Å². The number of aromatic nitrogens is 2. The molecule has 0 spiro atoms. The number of carboxylic acids is 1. The van der Waals surface area contributed by atoms with Crippen LogP contribution in [0.5, 0.6) is 5.75 Å². The Balaban J connectivity index is 1.02. The smallest absolute Gasteiger partial charge is 0.336 e. The number of carbonyl (C=O) groups excluding carboxylic acids is 3. The molecule has 61 heavy (non-hydrogen) atoms. The van der Waals surface area contributed by atoms with Crippen LogP contribution in [0.4, 0.5) is 25.1 Å². The molecule has 0 unspecified atom stereocenters. The monoisotopic (exact) mass is 828 g/mol. The third-order valence-corrected chi connectivity index (χ3v) is 9.66. The Hall–Kier alpha value is -7.88. The summed E-state index contributed by atoms with van der Waals surface area (Å²) in [6, 6.07) is 24.8. The number of fused-ring (bicyclic) bond motifs is 2. The van der Waals surface area contributed by atoms with E-state index < -0.39 is 46.3 Å². The molecular formula is C45H38F2N6O8. The number of amides is 4. The third-order valence-electron chi connectivity index (χ3n) is 9.66. The van der Waals surface area contributed by atoms with Crippen molar-refractivity contribution in [3.63, 3.8) is 0 Å². The zero-order chi connectivity index (χ0) is 43.6. The number of carbonyl (C=O) groups is 4. The van der Waals surface area contributed by atoms with E-state index >= 15 is 0 Å². The second-order valence-electron chi connectivity index (χ2n) is 15.1. The summed E-state index contributed by atoms with van der Waals surface area (Å²) in [6.45, 7) is 6.05. The van der Waals surface area contributed by atoms with Crippen molar-refractivity contribution in [2.75, 3.05) is 17.2 Å². The lowest BCUT2D eigenvalue weighted by atomic mass is 9.89. The molecular weight excluding hydrogens is 791 g/mol.